The van der Waals surface area contributed by atoms with Crippen LogP contribution in [0.25, 0.3) is 11.1 Å². The summed E-state index contributed by atoms with van der Waals surface area (Å²) >= 11 is 0. The van der Waals surface area contributed by atoms with Gasteiger partial charge in [-0.2, -0.15) is 0 Å². The van der Waals surface area contributed by atoms with Gasteiger partial charge in [0.25, 0.3) is 0 Å². The number of rotatable bonds is 7. The second kappa shape index (κ2) is 9.28. The zero-order chi connectivity index (χ0) is 20.9. The summed E-state index contributed by atoms with van der Waals surface area (Å²) in [6.45, 7) is 3.59. The van der Waals surface area contributed by atoms with Crippen LogP contribution < -0.4 is 0 Å². The molecule has 0 spiro atoms. The standard InChI is InChI=1S/C23H26N2O5/c26-22(27)15-25(10-9-24-11-13-29-14-12-24)23(28)30-16-21-19-7-3-1-5-17(19)18-6-2-4-8-20(18)21/h1-8,21H,9-16H2,(H,26,27). The summed E-state index contributed by atoms with van der Waals surface area (Å²) in [5, 5.41) is 9.23. The molecule has 1 saturated heterocycles. The number of benzene rings is 2. The lowest BCUT2D eigenvalue weighted by Gasteiger charge is -2.29. The number of carbonyl (C=O) groups is 2. The van der Waals surface area contributed by atoms with Crippen LogP contribution in [0.2, 0.25) is 0 Å². The Kier molecular flexibility index (Phi) is 6.30. The molecule has 1 heterocycles. The molecule has 4 rings (SSSR count). The molecule has 0 saturated carbocycles. The van der Waals surface area contributed by atoms with E-state index >= 15 is 0 Å². The van der Waals surface area contributed by atoms with Crippen molar-refractivity contribution in [3.05, 3.63) is 59.7 Å². The normalized spacial score (nSPS) is 16.0. The molecule has 1 N–H and O–H groups in total. The fourth-order valence-electron chi connectivity index (χ4n) is 4.17. The van der Waals surface area contributed by atoms with Gasteiger partial charge < -0.3 is 14.6 Å². The van der Waals surface area contributed by atoms with Crippen LogP contribution in [0.15, 0.2) is 48.5 Å². The van der Waals surface area contributed by atoms with Crippen LogP contribution in [0.3, 0.4) is 0 Å². The van der Waals surface area contributed by atoms with Crippen LogP contribution >= 0.6 is 0 Å². The third kappa shape index (κ3) is 4.47. The van der Waals surface area contributed by atoms with Gasteiger partial charge in [-0.25, -0.2) is 4.79 Å². The predicted molar refractivity (Wildman–Crippen MR) is 112 cm³/mol. The molecular weight excluding hydrogens is 384 g/mol. The van der Waals surface area contributed by atoms with Crippen molar-refractivity contribution in [3.63, 3.8) is 0 Å². The lowest BCUT2D eigenvalue weighted by Crippen LogP contribution is -2.44. The fraction of sp³-hybridized carbons (Fsp3) is 0.391. The Morgan fingerprint density at radius 2 is 1.63 bits per heavy atom. The summed E-state index contributed by atoms with van der Waals surface area (Å²) in [6.07, 6.45) is -0.590. The molecule has 2 aliphatic rings. The molecule has 158 valence electrons. The van der Waals surface area contributed by atoms with E-state index in [9.17, 15) is 14.7 Å². The van der Waals surface area contributed by atoms with Gasteiger partial charge in [0.1, 0.15) is 13.2 Å². The molecule has 2 aromatic rings. The molecule has 1 aliphatic carbocycles. The summed E-state index contributed by atoms with van der Waals surface area (Å²) in [5.74, 6) is -1.10. The summed E-state index contributed by atoms with van der Waals surface area (Å²) in [7, 11) is 0. The van der Waals surface area contributed by atoms with E-state index in [0.717, 1.165) is 35.3 Å². The number of carboxylic acid groups (broad SMARTS) is 1. The molecule has 0 aromatic heterocycles. The van der Waals surface area contributed by atoms with Crippen LogP contribution in [0.4, 0.5) is 4.79 Å². The van der Waals surface area contributed by atoms with Crippen LogP contribution in [-0.2, 0) is 14.3 Å². The first kappa shape index (κ1) is 20.4. The van der Waals surface area contributed by atoms with E-state index in [-0.39, 0.29) is 19.1 Å². The molecule has 2 aromatic carbocycles. The minimum absolute atomic E-state index is 0.0488. The van der Waals surface area contributed by atoms with Crippen molar-refractivity contribution in [1.82, 2.24) is 9.80 Å². The van der Waals surface area contributed by atoms with E-state index in [0.29, 0.717) is 26.3 Å². The van der Waals surface area contributed by atoms with Crippen LogP contribution in [0, 0.1) is 0 Å². The van der Waals surface area contributed by atoms with Gasteiger partial charge >= 0.3 is 12.1 Å². The molecular formula is C23H26N2O5. The Morgan fingerprint density at radius 3 is 2.23 bits per heavy atom. The number of morpholine rings is 1. The van der Waals surface area contributed by atoms with E-state index in [1.54, 1.807) is 0 Å². The number of ether oxygens (including phenoxy) is 2. The first-order valence-corrected chi connectivity index (χ1v) is 10.3. The smallest absolute Gasteiger partial charge is 0.410 e. The van der Waals surface area contributed by atoms with Crippen LogP contribution in [0.5, 0.6) is 0 Å². The highest BCUT2D eigenvalue weighted by molar-refractivity contribution is 5.79. The number of amides is 1. The third-order valence-electron chi connectivity index (χ3n) is 5.71. The van der Waals surface area contributed by atoms with Crippen LogP contribution in [0.1, 0.15) is 17.0 Å². The van der Waals surface area contributed by atoms with Crippen molar-refractivity contribution in [2.24, 2.45) is 0 Å². The van der Waals surface area contributed by atoms with Gasteiger partial charge in [0.05, 0.1) is 13.2 Å². The van der Waals surface area contributed by atoms with Gasteiger partial charge in [-0.3, -0.25) is 14.6 Å². The molecule has 7 heteroatoms. The summed E-state index contributed by atoms with van der Waals surface area (Å²) < 4.78 is 11.0. The Labute approximate surface area is 175 Å². The van der Waals surface area contributed by atoms with Crippen molar-refractivity contribution in [1.29, 1.82) is 0 Å². The Bertz CT molecular complexity index is 864. The number of aliphatic carboxylic acids is 1. The topological polar surface area (TPSA) is 79.3 Å². The zero-order valence-corrected chi connectivity index (χ0v) is 16.8. The van der Waals surface area contributed by atoms with Gasteiger partial charge in [0, 0.05) is 32.1 Å². The van der Waals surface area contributed by atoms with Crippen molar-refractivity contribution < 1.29 is 24.2 Å². The SMILES string of the molecule is O=C(O)CN(CCN1CCOCC1)C(=O)OCC1c2ccccc2-c2ccccc21. The summed E-state index contributed by atoms with van der Waals surface area (Å²) in [5.41, 5.74) is 4.57. The second-order valence-corrected chi connectivity index (χ2v) is 7.57. The maximum Gasteiger partial charge on any atom is 0.410 e. The van der Waals surface area contributed by atoms with E-state index in [1.165, 1.54) is 4.90 Å². The Balaban J connectivity index is 1.42. The molecule has 0 atom stereocenters. The number of carboxylic acids is 1. The van der Waals surface area contributed by atoms with Crippen molar-refractivity contribution in [3.8, 4) is 11.1 Å². The highest BCUT2D eigenvalue weighted by atomic mass is 16.6. The van der Waals surface area contributed by atoms with E-state index in [2.05, 4.69) is 29.2 Å². The quantitative estimate of drug-likeness (QED) is 0.756. The molecule has 1 fully saturated rings. The molecule has 0 unspecified atom stereocenters. The Hall–Kier alpha value is -2.90. The minimum Gasteiger partial charge on any atom is -0.480 e. The fourth-order valence-corrected chi connectivity index (χ4v) is 4.17. The monoisotopic (exact) mass is 410 g/mol. The first-order valence-electron chi connectivity index (χ1n) is 10.3. The number of carbonyl (C=O) groups excluding carboxylic acids is 1. The number of hydrogen-bond donors (Lipinski definition) is 1. The second-order valence-electron chi connectivity index (χ2n) is 7.57. The Morgan fingerprint density at radius 1 is 1.03 bits per heavy atom. The van der Waals surface area contributed by atoms with E-state index < -0.39 is 12.1 Å². The van der Waals surface area contributed by atoms with Crippen molar-refractivity contribution >= 4 is 12.1 Å². The summed E-state index contributed by atoms with van der Waals surface area (Å²) in [4.78, 5) is 27.4. The number of nitrogens with zero attached hydrogens (tertiary/aromatic N) is 2. The van der Waals surface area contributed by atoms with Gasteiger partial charge in [0.15, 0.2) is 0 Å². The predicted octanol–water partition coefficient (Wildman–Crippen LogP) is 2.65. The van der Waals surface area contributed by atoms with Crippen LogP contribution in [-0.4, -0.2) is 79.5 Å². The maximum absolute atomic E-state index is 12.7. The van der Waals surface area contributed by atoms with Crippen molar-refractivity contribution in [2.45, 2.75) is 5.92 Å². The minimum atomic E-state index is -1.05. The van der Waals surface area contributed by atoms with Gasteiger partial charge in [0.2, 0.25) is 0 Å². The average molecular weight is 410 g/mol. The third-order valence-corrected chi connectivity index (χ3v) is 5.71. The van der Waals surface area contributed by atoms with Gasteiger partial charge in [-0.1, -0.05) is 48.5 Å². The molecule has 7 nitrogen and oxygen atoms in total. The summed E-state index contributed by atoms with van der Waals surface area (Å²) in [6, 6.07) is 16.2. The zero-order valence-electron chi connectivity index (χ0n) is 16.8. The number of hydrogen-bond acceptors (Lipinski definition) is 5. The highest BCUT2D eigenvalue weighted by Gasteiger charge is 2.30. The molecule has 0 radical (unpaired) electrons. The molecule has 30 heavy (non-hydrogen) atoms. The first-order chi connectivity index (χ1) is 14.6. The molecule has 1 aliphatic heterocycles. The maximum atomic E-state index is 12.7. The lowest BCUT2D eigenvalue weighted by molar-refractivity contribution is -0.138. The average Bonchev–Trinajstić information content (AvgIpc) is 3.09. The highest BCUT2D eigenvalue weighted by Crippen LogP contribution is 2.44. The van der Waals surface area contributed by atoms with E-state index in [1.807, 2.05) is 24.3 Å². The number of fused-ring (bicyclic) bond motifs is 3. The molecule has 0 bridgehead atoms. The largest absolute Gasteiger partial charge is 0.480 e. The lowest BCUT2D eigenvalue weighted by atomic mass is 9.98. The van der Waals surface area contributed by atoms with Gasteiger partial charge in [-0.05, 0) is 22.3 Å². The molecule has 1 amide bonds. The van der Waals surface area contributed by atoms with Crippen molar-refractivity contribution in [2.75, 3.05) is 52.5 Å². The van der Waals surface area contributed by atoms with E-state index in [4.69, 9.17) is 9.47 Å². The van der Waals surface area contributed by atoms with Gasteiger partial charge in [-0.15, -0.1) is 0 Å².